The number of hydrogen-bond acceptors (Lipinski definition) is 2. The summed E-state index contributed by atoms with van der Waals surface area (Å²) in [5.41, 5.74) is 3.53. The second-order valence-electron chi connectivity index (χ2n) is 6.16. The lowest BCUT2D eigenvalue weighted by Crippen LogP contribution is -2.08. The number of carboxylic acid groups (broad SMARTS) is 1. The van der Waals surface area contributed by atoms with Crippen molar-refractivity contribution in [2.24, 2.45) is 0 Å². The summed E-state index contributed by atoms with van der Waals surface area (Å²) < 4.78 is 2.13. The van der Waals surface area contributed by atoms with Crippen molar-refractivity contribution in [3.63, 3.8) is 0 Å². The molecule has 5 heteroatoms. The van der Waals surface area contributed by atoms with Crippen LogP contribution in [0.5, 0.6) is 0 Å². The number of aliphatic carboxylic acids is 1. The van der Waals surface area contributed by atoms with Crippen LogP contribution in [-0.2, 0) is 24.2 Å². The third-order valence-electron chi connectivity index (χ3n) is 4.31. The minimum Gasteiger partial charge on any atom is -0.481 e. The molecule has 0 spiro atoms. The molecule has 2 aromatic carbocycles. The predicted molar refractivity (Wildman–Crippen MR) is 100 cm³/mol. The molecule has 25 heavy (non-hydrogen) atoms. The summed E-state index contributed by atoms with van der Waals surface area (Å²) >= 11 is 6.35. The zero-order chi connectivity index (χ0) is 17.8. The normalized spacial score (nSPS) is 11.1. The number of unbranched alkanes of at least 4 members (excludes halogenated alkanes) is 1. The number of imidazole rings is 1. The highest BCUT2D eigenvalue weighted by Gasteiger charge is 2.16. The number of carbonyl (C=O) groups is 1. The van der Waals surface area contributed by atoms with E-state index in [2.05, 4.69) is 11.5 Å². The number of fused-ring (bicyclic) bond motifs is 1. The van der Waals surface area contributed by atoms with Gasteiger partial charge in [-0.2, -0.15) is 0 Å². The van der Waals surface area contributed by atoms with Crippen molar-refractivity contribution in [1.82, 2.24) is 9.55 Å². The Kier molecular flexibility index (Phi) is 5.39. The number of aryl methyl sites for hydroxylation is 1. The fraction of sp³-hybridized carbons (Fsp3) is 0.300. The number of halogens is 1. The molecular formula is C20H21ClN2O2. The van der Waals surface area contributed by atoms with Gasteiger partial charge in [0.2, 0.25) is 0 Å². The van der Waals surface area contributed by atoms with E-state index in [9.17, 15) is 9.90 Å². The Morgan fingerprint density at radius 3 is 2.64 bits per heavy atom. The highest BCUT2D eigenvalue weighted by atomic mass is 35.5. The minimum absolute atomic E-state index is 0.0151. The summed E-state index contributed by atoms with van der Waals surface area (Å²) in [6.07, 6.45) is 2.97. The summed E-state index contributed by atoms with van der Waals surface area (Å²) in [6, 6.07) is 13.4. The van der Waals surface area contributed by atoms with E-state index in [1.54, 1.807) is 0 Å². The van der Waals surface area contributed by atoms with E-state index in [1.165, 1.54) is 0 Å². The van der Waals surface area contributed by atoms with Gasteiger partial charge in [-0.1, -0.05) is 55.3 Å². The summed E-state index contributed by atoms with van der Waals surface area (Å²) in [6.45, 7) is 2.74. The van der Waals surface area contributed by atoms with Crippen molar-refractivity contribution in [3.8, 4) is 0 Å². The van der Waals surface area contributed by atoms with Crippen molar-refractivity contribution in [2.75, 3.05) is 0 Å². The maximum atomic E-state index is 11.3. The number of hydrogen-bond donors (Lipinski definition) is 1. The van der Waals surface area contributed by atoms with Crippen LogP contribution in [0.25, 0.3) is 11.0 Å². The smallest absolute Gasteiger partial charge is 0.307 e. The van der Waals surface area contributed by atoms with Gasteiger partial charge in [-0.3, -0.25) is 4.79 Å². The highest BCUT2D eigenvalue weighted by Crippen LogP contribution is 2.25. The lowest BCUT2D eigenvalue weighted by molar-refractivity contribution is -0.136. The molecule has 0 bridgehead atoms. The Balaban J connectivity index is 2.14. The average molecular weight is 357 g/mol. The lowest BCUT2D eigenvalue weighted by atomic mass is 10.1. The first-order valence-electron chi connectivity index (χ1n) is 8.52. The van der Waals surface area contributed by atoms with Gasteiger partial charge in [0.25, 0.3) is 0 Å². The molecule has 0 aliphatic carbocycles. The highest BCUT2D eigenvalue weighted by molar-refractivity contribution is 6.31. The monoisotopic (exact) mass is 356 g/mol. The third kappa shape index (κ3) is 3.85. The van der Waals surface area contributed by atoms with Crippen LogP contribution in [0.3, 0.4) is 0 Å². The number of benzene rings is 2. The summed E-state index contributed by atoms with van der Waals surface area (Å²) in [4.78, 5) is 16.0. The van der Waals surface area contributed by atoms with Crippen LogP contribution in [0.2, 0.25) is 5.02 Å². The van der Waals surface area contributed by atoms with Crippen LogP contribution >= 0.6 is 11.6 Å². The van der Waals surface area contributed by atoms with Gasteiger partial charge < -0.3 is 9.67 Å². The van der Waals surface area contributed by atoms with Crippen molar-refractivity contribution in [3.05, 3.63) is 64.4 Å². The molecule has 0 aliphatic rings. The van der Waals surface area contributed by atoms with Gasteiger partial charge in [-0.15, -0.1) is 0 Å². The van der Waals surface area contributed by atoms with Gasteiger partial charge in [0.1, 0.15) is 5.82 Å². The van der Waals surface area contributed by atoms with Gasteiger partial charge in [0.15, 0.2) is 0 Å². The second kappa shape index (κ2) is 7.70. The van der Waals surface area contributed by atoms with Crippen LogP contribution < -0.4 is 0 Å². The van der Waals surface area contributed by atoms with Gasteiger partial charge >= 0.3 is 5.97 Å². The zero-order valence-electron chi connectivity index (χ0n) is 14.2. The minimum atomic E-state index is -0.840. The summed E-state index contributed by atoms with van der Waals surface area (Å²) in [5, 5.41) is 9.96. The first kappa shape index (κ1) is 17.5. The molecule has 0 unspecified atom stereocenters. The quantitative estimate of drug-likeness (QED) is 0.667. The molecule has 0 saturated heterocycles. The van der Waals surface area contributed by atoms with Gasteiger partial charge in [0.05, 0.1) is 24.0 Å². The van der Waals surface area contributed by atoms with Crippen LogP contribution in [0, 0.1) is 0 Å². The largest absolute Gasteiger partial charge is 0.481 e. The molecule has 0 amide bonds. The van der Waals surface area contributed by atoms with Crippen LogP contribution in [0.1, 0.15) is 36.7 Å². The van der Waals surface area contributed by atoms with E-state index in [0.29, 0.717) is 11.6 Å². The van der Waals surface area contributed by atoms with Crippen LogP contribution in [0.15, 0.2) is 42.5 Å². The fourth-order valence-electron chi connectivity index (χ4n) is 3.11. The molecule has 1 heterocycles. The van der Waals surface area contributed by atoms with E-state index in [4.69, 9.17) is 16.6 Å². The standard InChI is InChI=1S/C20H21ClN2O2/c1-2-3-11-18-22-17-10-6-8-14(12-19(24)25)20(17)23(18)13-15-7-4-5-9-16(15)21/h4-10H,2-3,11-13H2,1H3,(H,24,25). The van der Waals surface area contributed by atoms with Gasteiger partial charge in [0, 0.05) is 11.4 Å². The topological polar surface area (TPSA) is 55.1 Å². The van der Waals surface area contributed by atoms with Gasteiger partial charge in [-0.25, -0.2) is 4.98 Å². The molecule has 0 radical (unpaired) electrons. The number of carboxylic acids is 1. The Morgan fingerprint density at radius 2 is 1.92 bits per heavy atom. The van der Waals surface area contributed by atoms with E-state index < -0.39 is 5.97 Å². The van der Waals surface area contributed by atoms with E-state index >= 15 is 0 Å². The predicted octanol–water partition coefficient (Wildman–Crippen LogP) is 4.71. The number of rotatable bonds is 7. The van der Waals surface area contributed by atoms with E-state index in [-0.39, 0.29) is 6.42 Å². The Hall–Kier alpha value is -2.33. The maximum absolute atomic E-state index is 11.3. The zero-order valence-corrected chi connectivity index (χ0v) is 15.0. The lowest BCUT2D eigenvalue weighted by Gasteiger charge is -2.12. The Labute approximate surface area is 152 Å². The number of para-hydroxylation sites is 1. The third-order valence-corrected chi connectivity index (χ3v) is 4.68. The number of aromatic nitrogens is 2. The van der Waals surface area contributed by atoms with E-state index in [1.807, 2.05) is 42.5 Å². The van der Waals surface area contributed by atoms with Crippen molar-refractivity contribution < 1.29 is 9.90 Å². The van der Waals surface area contributed by atoms with Crippen molar-refractivity contribution in [1.29, 1.82) is 0 Å². The van der Waals surface area contributed by atoms with Crippen LogP contribution in [-0.4, -0.2) is 20.6 Å². The molecule has 1 aromatic heterocycles. The SMILES string of the molecule is CCCCc1nc2cccc(CC(=O)O)c2n1Cc1ccccc1Cl. The molecule has 0 aliphatic heterocycles. The van der Waals surface area contributed by atoms with Crippen LogP contribution in [0.4, 0.5) is 0 Å². The molecule has 3 rings (SSSR count). The molecule has 3 aromatic rings. The summed E-state index contributed by atoms with van der Waals surface area (Å²) in [7, 11) is 0. The van der Waals surface area contributed by atoms with Crippen molar-refractivity contribution in [2.45, 2.75) is 39.2 Å². The Morgan fingerprint density at radius 1 is 1.16 bits per heavy atom. The number of nitrogens with zero attached hydrogens (tertiary/aromatic N) is 2. The first-order chi connectivity index (χ1) is 12.1. The van der Waals surface area contributed by atoms with Gasteiger partial charge in [-0.05, 0) is 29.7 Å². The molecule has 0 atom stereocenters. The molecule has 130 valence electrons. The van der Waals surface area contributed by atoms with E-state index in [0.717, 1.165) is 47.2 Å². The first-order valence-corrected chi connectivity index (χ1v) is 8.90. The molecular weight excluding hydrogens is 336 g/mol. The fourth-order valence-corrected chi connectivity index (χ4v) is 3.30. The molecule has 0 saturated carbocycles. The van der Waals surface area contributed by atoms with Crippen molar-refractivity contribution >= 4 is 28.6 Å². The summed E-state index contributed by atoms with van der Waals surface area (Å²) in [5.74, 6) is 0.141. The molecule has 4 nitrogen and oxygen atoms in total. The maximum Gasteiger partial charge on any atom is 0.307 e. The molecule has 1 N–H and O–H groups in total. The second-order valence-corrected chi connectivity index (χ2v) is 6.57. The average Bonchev–Trinajstić information content (AvgIpc) is 2.93. The Bertz CT molecular complexity index is 902. The molecule has 0 fully saturated rings.